The monoisotopic (exact) mass is 392 g/mol. The van der Waals surface area contributed by atoms with Gasteiger partial charge in [0.1, 0.15) is 17.9 Å². The van der Waals surface area contributed by atoms with Crippen molar-refractivity contribution >= 4 is 11.9 Å². The Morgan fingerprint density at radius 2 is 1.96 bits per heavy atom. The van der Waals surface area contributed by atoms with Gasteiger partial charge >= 0.3 is 11.9 Å². The standard InChI is InChI=1S/C21H28O7/c1-6-9-25-20(24)17-10-16(11-22)7-8-18(17)28-21-19(27-15(5)23)13(3)12(2)14(4)26-21/h6-8,10,12-14,19,21-22H,1,9,11H2,2-5H3/t12-,13-,14+,19+,21-/m0/s1. The summed E-state index contributed by atoms with van der Waals surface area (Å²) in [6, 6.07) is 4.70. The van der Waals surface area contributed by atoms with Crippen LogP contribution >= 0.6 is 0 Å². The fourth-order valence-electron chi connectivity index (χ4n) is 3.11. The van der Waals surface area contributed by atoms with Crippen molar-refractivity contribution < 1.29 is 33.6 Å². The van der Waals surface area contributed by atoms with Crippen LogP contribution in [0.25, 0.3) is 0 Å². The summed E-state index contributed by atoms with van der Waals surface area (Å²) in [5, 5.41) is 9.38. The number of aliphatic hydroxyl groups excluding tert-OH is 1. The Balaban J connectivity index is 2.33. The van der Waals surface area contributed by atoms with Gasteiger partial charge in [0, 0.05) is 12.8 Å². The SMILES string of the molecule is C=CCOC(=O)c1cc(CO)ccc1O[C@@H]1O[C@H](C)[C@@H](C)[C@H](C)[C@H]1OC(C)=O. The van der Waals surface area contributed by atoms with Crippen molar-refractivity contribution in [1.82, 2.24) is 0 Å². The van der Waals surface area contributed by atoms with Gasteiger partial charge in [-0.1, -0.05) is 32.6 Å². The Kier molecular flexibility index (Phi) is 7.60. The lowest BCUT2D eigenvalue weighted by Crippen LogP contribution is -2.52. The highest BCUT2D eigenvalue weighted by Crippen LogP contribution is 2.35. The molecule has 0 unspecified atom stereocenters. The van der Waals surface area contributed by atoms with E-state index in [9.17, 15) is 14.7 Å². The molecule has 1 aliphatic rings. The molecule has 1 fully saturated rings. The predicted octanol–water partition coefficient (Wildman–Crippen LogP) is 2.85. The predicted molar refractivity (Wildman–Crippen MR) is 102 cm³/mol. The molecule has 2 rings (SSSR count). The summed E-state index contributed by atoms with van der Waals surface area (Å²) in [5.41, 5.74) is 0.687. The number of hydrogen-bond donors (Lipinski definition) is 1. The average molecular weight is 392 g/mol. The molecule has 1 aromatic carbocycles. The lowest BCUT2D eigenvalue weighted by molar-refractivity contribution is -0.242. The van der Waals surface area contributed by atoms with Gasteiger partial charge in [-0.3, -0.25) is 4.79 Å². The summed E-state index contributed by atoms with van der Waals surface area (Å²) in [7, 11) is 0. The molecule has 0 spiro atoms. The number of carbonyl (C=O) groups excluding carboxylic acids is 2. The van der Waals surface area contributed by atoms with Crippen molar-refractivity contribution in [2.45, 2.75) is 52.8 Å². The molecule has 1 N–H and O–H groups in total. The van der Waals surface area contributed by atoms with E-state index in [1.165, 1.54) is 19.1 Å². The lowest BCUT2D eigenvalue weighted by atomic mass is 9.84. The third-order valence-corrected chi connectivity index (χ3v) is 5.03. The molecule has 0 saturated carbocycles. The average Bonchev–Trinajstić information content (AvgIpc) is 2.67. The van der Waals surface area contributed by atoms with Crippen molar-refractivity contribution in [2.24, 2.45) is 11.8 Å². The molecule has 7 heteroatoms. The van der Waals surface area contributed by atoms with Crippen molar-refractivity contribution in [3.05, 3.63) is 42.0 Å². The highest BCUT2D eigenvalue weighted by atomic mass is 16.7. The first-order valence-electron chi connectivity index (χ1n) is 9.29. The van der Waals surface area contributed by atoms with Crippen LogP contribution in [0.5, 0.6) is 5.75 Å². The zero-order valence-corrected chi connectivity index (χ0v) is 16.7. The number of rotatable bonds is 7. The summed E-state index contributed by atoms with van der Waals surface area (Å²) in [6.07, 6.45) is -0.172. The van der Waals surface area contributed by atoms with Crippen LogP contribution in [0.3, 0.4) is 0 Å². The van der Waals surface area contributed by atoms with Gasteiger partial charge in [0.25, 0.3) is 0 Å². The van der Waals surface area contributed by atoms with Crippen LogP contribution in [0, 0.1) is 11.8 Å². The molecule has 5 atom stereocenters. The minimum absolute atomic E-state index is 0.00877. The molecule has 0 aliphatic carbocycles. The minimum atomic E-state index is -0.879. The second-order valence-corrected chi connectivity index (χ2v) is 7.00. The van der Waals surface area contributed by atoms with Crippen LogP contribution in [0.1, 0.15) is 43.6 Å². The van der Waals surface area contributed by atoms with Gasteiger partial charge in [0.15, 0.2) is 6.10 Å². The van der Waals surface area contributed by atoms with Gasteiger partial charge in [-0.05, 0) is 30.5 Å². The second-order valence-electron chi connectivity index (χ2n) is 7.00. The van der Waals surface area contributed by atoms with Gasteiger partial charge in [-0.15, -0.1) is 0 Å². The van der Waals surface area contributed by atoms with E-state index in [1.807, 2.05) is 20.8 Å². The third-order valence-electron chi connectivity index (χ3n) is 5.03. The highest BCUT2D eigenvalue weighted by Gasteiger charge is 2.43. The van der Waals surface area contributed by atoms with E-state index >= 15 is 0 Å². The molecule has 1 aromatic rings. The van der Waals surface area contributed by atoms with Gasteiger partial charge in [0.2, 0.25) is 6.29 Å². The zero-order valence-electron chi connectivity index (χ0n) is 16.7. The second kappa shape index (κ2) is 9.71. The molecule has 1 saturated heterocycles. The first-order chi connectivity index (χ1) is 13.3. The summed E-state index contributed by atoms with van der Waals surface area (Å²) >= 11 is 0. The first kappa shape index (κ1) is 21.9. The summed E-state index contributed by atoms with van der Waals surface area (Å²) in [4.78, 5) is 24.0. The Hall–Kier alpha value is -2.38. The maximum absolute atomic E-state index is 12.4. The number of ether oxygens (including phenoxy) is 4. The fourth-order valence-corrected chi connectivity index (χ4v) is 3.11. The molecule has 0 radical (unpaired) electrons. The lowest BCUT2D eigenvalue weighted by Gasteiger charge is -2.42. The summed E-state index contributed by atoms with van der Waals surface area (Å²) in [5.74, 6) is -0.678. The molecular formula is C21H28O7. The first-order valence-corrected chi connectivity index (χ1v) is 9.29. The van der Waals surface area contributed by atoms with Gasteiger partial charge in [-0.25, -0.2) is 4.79 Å². The fraction of sp³-hybridized carbons (Fsp3) is 0.524. The van der Waals surface area contributed by atoms with Gasteiger partial charge in [-0.2, -0.15) is 0 Å². The topological polar surface area (TPSA) is 91.3 Å². The van der Waals surface area contributed by atoms with Crippen LogP contribution in [0.4, 0.5) is 0 Å². The van der Waals surface area contributed by atoms with Crippen molar-refractivity contribution in [2.75, 3.05) is 6.61 Å². The van der Waals surface area contributed by atoms with Crippen molar-refractivity contribution in [1.29, 1.82) is 0 Å². The highest BCUT2D eigenvalue weighted by molar-refractivity contribution is 5.92. The zero-order chi connectivity index (χ0) is 20.8. The number of benzene rings is 1. The van der Waals surface area contributed by atoms with Crippen molar-refractivity contribution in [3.63, 3.8) is 0 Å². The van der Waals surface area contributed by atoms with Gasteiger partial charge in [0.05, 0.1) is 12.7 Å². The third kappa shape index (κ3) is 5.11. The van der Waals surface area contributed by atoms with Gasteiger partial charge < -0.3 is 24.1 Å². The van der Waals surface area contributed by atoms with Crippen molar-refractivity contribution in [3.8, 4) is 5.75 Å². The maximum atomic E-state index is 12.4. The van der Waals surface area contributed by atoms with Crippen LogP contribution in [-0.2, 0) is 25.6 Å². The molecule has 28 heavy (non-hydrogen) atoms. The molecule has 1 aliphatic heterocycles. The maximum Gasteiger partial charge on any atom is 0.342 e. The Labute approximate surface area is 165 Å². The summed E-state index contributed by atoms with van der Waals surface area (Å²) in [6.45, 7) is 10.6. The molecule has 0 bridgehead atoms. The molecular weight excluding hydrogens is 364 g/mol. The minimum Gasteiger partial charge on any atom is -0.460 e. The largest absolute Gasteiger partial charge is 0.460 e. The van der Waals surface area contributed by atoms with Crippen LogP contribution in [0.15, 0.2) is 30.9 Å². The van der Waals surface area contributed by atoms with Crippen LogP contribution in [0.2, 0.25) is 0 Å². The molecule has 154 valence electrons. The van der Waals surface area contributed by atoms with E-state index < -0.39 is 24.3 Å². The van der Waals surface area contributed by atoms with E-state index in [2.05, 4.69) is 6.58 Å². The number of hydrogen-bond acceptors (Lipinski definition) is 7. The molecule has 1 heterocycles. The van der Waals surface area contributed by atoms with E-state index in [-0.39, 0.29) is 42.5 Å². The summed E-state index contributed by atoms with van der Waals surface area (Å²) < 4.78 is 22.5. The Morgan fingerprint density at radius 3 is 2.57 bits per heavy atom. The molecule has 7 nitrogen and oxygen atoms in total. The quantitative estimate of drug-likeness (QED) is 0.563. The number of carbonyl (C=O) groups is 2. The molecule has 0 aromatic heterocycles. The molecule has 0 amide bonds. The van der Waals surface area contributed by atoms with E-state index in [4.69, 9.17) is 18.9 Å². The number of aliphatic hydroxyl groups is 1. The van der Waals surface area contributed by atoms with Crippen LogP contribution in [-0.4, -0.2) is 42.1 Å². The van der Waals surface area contributed by atoms with E-state index in [0.29, 0.717) is 5.56 Å². The smallest absolute Gasteiger partial charge is 0.342 e. The Morgan fingerprint density at radius 1 is 1.25 bits per heavy atom. The Bertz CT molecular complexity index is 715. The van der Waals surface area contributed by atoms with Crippen LogP contribution < -0.4 is 4.74 Å². The number of esters is 2. The normalized spacial score (nSPS) is 27.0. The van der Waals surface area contributed by atoms with E-state index in [0.717, 1.165) is 0 Å². The van der Waals surface area contributed by atoms with E-state index in [1.54, 1.807) is 12.1 Å².